The second-order valence-electron chi connectivity index (χ2n) is 7.39. The summed E-state index contributed by atoms with van der Waals surface area (Å²) < 4.78 is 93.1. The number of pyridine rings is 2. The summed E-state index contributed by atoms with van der Waals surface area (Å²) in [6.07, 6.45) is -7.50. The lowest BCUT2D eigenvalue weighted by atomic mass is 9.98. The summed E-state index contributed by atoms with van der Waals surface area (Å²) in [5.41, 5.74) is -1.29. The first-order valence-electron chi connectivity index (χ1n) is 9.68. The standard InChI is InChI=1S/C22H16F7N3/c23-15-7-5-13(6-8-15)16-3-1-9-30-20(16)17-4-2-10-32(17)19-12-14(21(24,25)26)11-18(31-19)22(27,28)29/h1,3,5-9,11-12,17H,2,4,10H2. The number of anilines is 1. The van der Waals surface area contributed by atoms with Gasteiger partial charge in [-0.2, -0.15) is 26.3 Å². The summed E-state index contributed by atoms with van der Waals surface area (Å²) >= 11 is 0. The molecule has 0 spiro atoms. The van der Waals surface area contributed by atoms with Crippen molar-refractivity contribution in [3.05, 3.63) is 77.5 Å². The lowest BCUT2D eigenvalue weighted by molar-refractivity contribution is -0.145. The Morgan fingerprint density at radius 3 is 2.28 bits per heavy atom. The van der Waals surface area contributed by atoms with E-state index in [1.165, 1.54) is 23.2 Å². The Balaban J connectivity index is 1.80. The second kappa shape index (κ2) is 8.07. The molecule has 0 bridgehead atoms. The fraction of sp³-hybridized carbons (Fsp3) is 0.273. The summed E-state index contributed by atoms with van der Waals surface area (Å²) in [6, 6.07) is 9.06. The van der Waals surface area contributed by atoms with Crippen molar-refractivity contribution < 1.29 is 30.7 Å². The van der Waals surface area contributed by atoms with Crippen LogP contribution in [0.5, 0.6) is 0 Å². The van der Waals surface area contributed by atoms with Crippen LogP contribution in [0.1, 0.15) is 35.8 Å². The van der Waals surface area contributed by atoms with Gasteiger partial charge in [-0.1, -0.05) is 18.2 Å². The molecule has 1 saturated heterocycles. The van der Waals surface area contributed by atoms with Crippen molar-refractivity contribution in [2.24, 2.45) is 0 Å². The topological polar surface area (TPSA) is 29.0 Å². The molecule has 0 N–H and O–H groups in total. The van der Waals surface area contributed by atoms with Crippen molar-refractivity contribution in [3.8, 4) is 11.1 Å². The quantitative estimate of drug-likeness (QED) is 0.414. The van der Waals surface area contributed by atoms with E-state index in [0.29, 0.717) is 35.7 Å². The van der Waals surface area contributed by atoms with Gasteiger partial charge in [-0.05, 0) is 48.7 Å². The van der Waals surface area contributed by atoms with Gasteiger partial charge in [-0.15, -0.1) is 0 Å². The summed E-state index contributed by atoms with van der Waals surface area (Å²) in [7, 11) is 0. The number of aromatic nitrogens is 2. The molecule has 0 saturated carbocycles. The largest absolute Gasteiger partial charge is 0.433 e. The third kappa shape index (κ3) is 4.39. The van der Waals surface area contributed by atoms with Crippen molar-refractivity contribution >= 4 is 5.82 Å². The molecule has 3 heterocycles. The molecule has 32 heavy (non-hydrogen) atoms. The highest BCUT2D eigenvalue weighted by atomic mass is 19.4. The van der Waals surface area contributed by atoms with Crippen LogP contribution in [0, 0.1) is 5.82 Å². The lowest BCUT2D eigenvalue weighted by Gasteiger charge is -2.28. The zero-order valence-corrected chi connectivity index (χ0v) is 16.4. The van der Waals surface area contributed by atoms with Crippen molar-refractivity contribution in [3.63, 3.8) is 0 Å². The minimum absolute atomic E-state index is 0.0132. The summed E-state index contributed by atoms with van der Waals surface area (Å²) in [4.78, 5) is 9.30. The van der Waals surface area contributed by atoms with Gasteiger partial charge in [-0.25, -0.2) is 9.37 Å². The monoisotopic (exact) mass is 455 g/mol. The zero-order chi connectivity index (χ0) is 23.1. The van der Waals surface area contributed by atoms with Crippen LogP contribution in [-0.2, 0) is 12.4 Å². The number of alkyl halides is 6. The Morgan fingerprint density at radius 2 is 1.62 bits per heavy atom. The van der Waals surface area contributed by atoms with Crippen LogP contribution < -0.4 is 4.90 Å². The molecule has 10 heteroatoms. The van der Waals surface area contributed by atoms with Gasteiger partial charge < -0.3 is 4.90 Å². The molecule has 168 valence electrons. The van der Waals surface area contributed by atoms with Crippen LogP contribution in [0.2, 0.25) is 0 Å². The summed E-state index contributed by atoms with van der Waals surface area (Å²) in [5.74, 6) is -0.847. The first-order valence-corrected chi connectivity index (χ1v) is 9.68. The van der Waals surface area contributed by atoms with Gasteiger partial charge in [0.15, 0.2) is 0 Å². The van der Waals surface area contributed by atoms with Crippen LogP contribution in [0.25, 0.3) is 11.1 Å². The first-order chi connectivity index (χ1) is 15.0. The average Bonchev–Trinajstić information content (AvgIpc) is 3.22. The predicted octanol–water partition coefficient (Wildman–Crippen LogP) is 6.66. The number of hydrogen-bond acceptors (Lipinski definition) is 3. The first kappa shape index (κ1) is 22.0. The van der Waals surface area contributed by atoms with E-state index in [0.717, 1.165) is 0 Å². The van der Waals surface area contributed by atoms with Crippen LogP contribution in [0.3, 0.4) is 0 Å². The van der Waals surface area contributed by atoms with Crippen molar-refractivity contribution in [2.75, 3.05) is 11.4 Å². The number of benzene rings is 1. The molecule has 3 aromatic rings. The highest BCUT2D eigenvalue weighted by Gasteiger charge is 2.40. The van der Waals surface area contributed by atoms with Gasteiger partial charge in [0.25, 0.3) is 0 Å². The van der Waals surface area contributed by atoms with Crippen molar-refractivity contribution in [2.45, 2.75) is 31.2 Å². The molecule has 1 aliphatic heterocycles. The number of hydrogen-bond donors (Lipinski definition) is 0. The molecule has 1 aromatic carbocycles. The molecule has 4 rings (SSSR count). The average molecular weight is 455 g/mol. The van der Waals surface area contributed by atoms with Gasteiger partial charge >= 0.3 is 12.4 Å². The molecule has 1 atom stereocenters. The van der Waals surface area contributed by atoms with Crippen molar-refractivity contribution in [1.82, 2.24) is 9.97 Å². The van der Waals surface area contributed by atoms with E-state index in [9.17, 15) is 30.7 Å². The van der Waals surface area contributed by atoms with Gasteiger partial charge in [0, 0.05) is 18.3 Å². The Bertz CT molecular complexity index is 1080. The third-order valence-corrected chi connectivity index (χ3v) is 5.29. The fourth-order valence-corrected chi connectivity index (χ4v) is 3.85. The molecular formula is C22H16F7N3. The minimum atomic E-state index is -5.03. The van der Waals surface area contributed by atoms with E-state index < -0.39 is 41.3 Å². The van der Waals surface area contributed by atoms with Crippen LogP contribution in [-0.4, -0.2) is 16.5 Å². The molecule has 0 aliphatic carbocycles. The van der Waals surface area contributed by atoms with Crippen LogP contribution in [0.4, 0.5) is 36.6 Å². The maximum Gasteiger partial charge on any atom is 0.433 e. The Morgan fingerprint density at radius 1 is 0.906 bits per heavy atom. The van der Waals surface area contributed by atoms with Gasteiger partial charge in [-0.3, -0.25) is 4.98 Å². The molecule has 1 unspecified atom stereocenters. The van der Waals surface area contributed by atoms with E-state index in [2.05, 4.69) is 9.97 Å². The predicted molar refractivity (Wildman–Crippen MR) is 103 cm³/mol. The summed E-state index contributed by atoms with van der Waals surface area (Å²) in [6.45, 7) is 0.218. The lowest BCUT2D eigenvalue weighted by Crippen LogP contribution is -2.26. The Hall–Kier alpha value is -3.17. The highest BCUT2D eigenvalue weighted by Crippen LogP contribution is 2.42. The maximum absolute atomic E-state index is 13.3. The fourth-order valence-electron chi connectivity index (χ4n) is 3.85. The number of halogens is 7. The third-order valence-electron chi connectivity index (χ3n) is 5.29. The van der Waals surface area contributed by atoms with E-state index in [1.807, 2.05) is 0 Å². The smallest absolute Gasteiger partial charge is 0.348 e. The van der Waals surface area contributed by atoms with Crippen LogP contribution >= 0.6 is 0 Å². The zero-order valence-electron chi connectivity index (χ0n) is 16.4. The van der Waals surface area contributed by atoms with Gasteiger partial charge in [0.2, 0.25) is 0 Å². The SMILES string of the molecule is Fc1ccc(-c2cccnc2C2CCCN2c2cc(C(F)(F)F)cc(C(F)(F)F)n2)cc1. The molecule has 0 radical (unpaired) electrons. The molecule has 2 aromatic heterocycles. The molecule has 1 fully saturated rings. The number of rotatable bonds is 3. The molecule has 0 amide bonds. The summed E-state index contributed by atoms with van der Waals surface area (Å²) in [5, 5.41) is 0. The molecule has 3 nitrogen and oxygen atoms in total. The Labute approximate surface area is 178 Å². The maximum atomic E-state index is 13.3. The van der Waals surface area contributed by atoms with E-state index >= 15 is 0 Å². The van der Waals surface area contributed by atoms with Crippen LogP contribution in [0.15, 0.2) is 54.7 Å². The van der Waals surface area contributed by atoms with Crippen molar-refractivity contribution in [1.29, 1.82) is 0 Å². The van der Waals surface area contributed by atoms with E-state index in [4.69, 9.17) is 0 Å². The van der Waals surface area contributed by atoms with Gasteiger partial charge in [0.1, 0.15) is 17.3 Å². The second-order valence-corrected chi connectivity index (χ2v) is 7.39. The minimum Gasteiger partial charge on any atom is -0.348 e. The van der Waals surface area contributed by atoms with E-state index in [1.54, 1.807) is 24.3 Å². The van der Waals surface area contributed by atoms with Gasteiger partial charge in [0.05, 0.1) is 17.3 Å². The Kier molecular flexibility index (Phi) is 5.56. The molecule has 1 aliphatic rings. The normalized spacial score (nSPS) is 17.1. The highest BCUT2D eigenvalue weighted by molar-refractivity contribution is 5.67. The van der Waals surface area contributed by atoms with E-state index in [-0.39, 0.29) is 12.6 Å². The number of nitrogens with zero attached hydrogens (tertiary/aromatic N) is 3. The molecular weight excluding hydrogens is 439 g/mol.